The Bertz CT molecular complexity index is 570. The van der Waals surface area contributed by atoms with E-state index in [-0.39, 0.29) is 6.54 Å². The number of anilines is 2. The molecule has 0 aliphatic heterocycles. The average Bonchev–Trinajstić information content (AvgIpc) is 2.41. The number of nitrogens with zero attached hydrogens (tertiary/aromatic N) is 1. The first-order valence-electron chi connectivity index (χ1n) is 6.15. The van der Waals surface area contributed by atoms with Crippen LogP contribution in [0.4, 0.5) is 20.2 Å². The van der Waals surface area contributed by atoms with Gasteiger partial charge in [0, 0.05) is 18.7 Å². The number of hydrogen-bond acceptors (Lipinski definition) is 2. The molecule has 0 atom stereocenters. The van der Waals surface area contributed by atoms with Crippen LogP contribution in [0, 0.1) is 11.6 Å². The van der Waals surface area contributed by atoms with E-state index in [0.717, 1.165) is 17.8 Å². The van der Waals surface area contributed by atoms with E-state index in [1.54, 1.807) is 6.07 Å². The number of rotatable bonds is 4. The van der Waals surface area contributed by atoms with Crippen LogP contribution >= 0.6 is 0 Å². The number of para-hydroxylation sites is 2. The summed E-state index contributed by atoms with van der Waals surface area (Å²) in [5, 5.41) is 0. The number of halogens is 2. The summed E-state index contributed by atoms with van der Waals surface area (Å²) in [6.45, 7) is 2.89. The second-order valence-corrected chi connectivity index (χ2v) is 4.31. The van der Waals surface area contributed by atoms with E-state index >= 15 is 0 Å². The molecule has 0 aromatic heterocycles. The van der Waals surface area contributed by atoms with Gasteiger partial charge in [-0.3, -0.25) is 0 Å². The minimum atomic E-state index is -0.437. The molecule has 4 heteroatoms. The topological polar surface area (TPSA) is 29.3 Å². The zero-order valence-corrected chi connectivity index (χ0v) is 10.7. The number of nitrogens with two attached hydrogens (primary N) is 1. The highest BCUT2D eigenvalue weighted by atomic mass is 19.1. The average molecular weight is 262 g/mol. The molecule has 0 spiro atoms. The van der Waals surface area contributed by atoms with Gasteiger partial charge < -0.3 is 10.6 Å². The number of nitrogen functional groups attached to an aromatic ring is 1. The molecule has 2 aromatic rings. The van der Waals surface area contributed by atoms with Crippen LogP contribution in [-0.2, 0) is 6.54 Å². The number of hydrogen-bond donors (Lipinski definition) is 1. The van der Waals surface area contributed by atoms with Crippen molar-refractivity contribution in [3.05, 3.63) is 59.7 Å². The van der Waals surface area contributed by atoms with Crippen molar-refractivity contribution in [3.8, 4) is 0 Å². The molecule has 19 heavy (non-hydrogen) atoms. The van der Waals surface area contributed by atoms with Crippen LogP contribution in [0.2, 0.25) is 0 Å². The minimum absolute atomic E-state index is 0.286. The van der Waals surface area contributed by atoms with Gasteiger partial charge in [0.1, 0.15) is 11.6 Å². The van der Waals surface area contributed by atoms with Crippen molar-refractivity contribution in [2.24, 2.45) is 0 Å². The molecule has 0 heterocycles. The Labute approximate surface area is 111 Å². The first kappa shape index (κ1) is 13.3. The molecular weight excluding hydrogens is 246 g/mol. The third kappa shape index (κ3) is 3.02. The van der Waals surface area contributed by atoms with Crippen molar-refractivity contribution in [1.29, 1.82) is 0 Å². The van der Waals surface area contributed by atoms with Crippen LogP contribution in [0.25, 0.3) is 0 Å². The summed E-state index contributed by atoms with van der Waals surface area (Å²) >= 11 is 0. The Morgan fingerprint density at radius 2 is 1.84 bits per heavy atom. The summed E-state index contributed by atoms with van der Waals surface area (Å²) in [7, 11) is 0. The summed E-state index contributed by atoms with van der Waals surface area (Å²) in [4.78, 5) is 1.91. The molecule has 0 radical (unpaired) electrons. The van der Waals surface area contributed by atoms with Gasteiger partial charge in [-0.25, -0.2) is 8.78 Å². The summed E-state index contributed by atoms with van der Waals surface area (Å²) in [6, 6.07) is 10.9. The maximum atomic E-state index is 13.7. The highest BCUT2D eigenvalue weighted by molar-refractivity contribution is 5.67. The quantitative estimate of drug-likeness (QED) is 0.853. The SMILES string of the molecule is CCN(Cc1cc(F)ccc1F)c1ccccc1N. The fourth-order valence-electron chi connectivity index (χ4n) is 2.01. The molecule has 100 valence electrons. The van der Waals surface area contributed by atoms with Crippen LogP contribution < -0.4 is 10.6 Å². The molecule has 0 aliphatic carbocycles. The van der Waals surface area contributed by atoms with Gasteiger partial charge in [0.2, 0.25) is 0 Å². The zero-order chi connectivity index (χ0) is 13.8. The van der Waals surface area contributed by atoms with Crippen molar-refractivity contribution in [1.82, 2.24) is 0 Å². The Morgan fingerprint density at radius 3 is 2.53 bits per heavy atom. The highest BCUT2D eigenvalue weighted by Gasteiger charge is 2.11. The van der Waals surface area contributed by atoms with Crippen molar-refractivity contribution in [2.45, 2.75) is 13.5 Å². The van der Waals surface area contributed by atoms with Gasteiger partial charge in [-0.05, 0) is 37.3 Å². The Kier molecular flexibility index (Phi) is 4.00. The van der Waals surface area contributed by atoms with Crippen molar-refractivity contribution in [3.63, 3.8) is 0 Å². The molecule has 2 aromatic carbocycles. The normalized spacial score (nSPS) is 10.5. The first-order chi connectivity index (χ1) is 9.11. The lowest BCUT2D eigenvalue weighted by atomic mass is 10.1. The Balaban J connectivity index is 2.29. The maximum Gasteiger partial charge on any atom is 0.128 e. The molecule has 0 aliphatic rings. The standard InChI is InChI=1S/C15H16F2N2/c1-2-19(15-6-4-3-5-14(15)18)10-11-9-12(16)7-8-13(11)17/h3-9H,2,10,18H2,1H3. The smallest absolute Gasteiger partial charge is 0.128 e. The Morgan fingerprint density at radius 1 is 1.11 bits per heavy atom. The zero-order valence-electron chi connectivity index (χ0n) is 10.7. The lowest BCUT2D eigenvalue weighted by Gasteiger charge is -2.24. The molecule has 2 nitrogen and oxygen atoms in total. The molecular formula is C15H16F2N2. The van der Waals surface area contributed by atoms with Crippen LogP contribution in [-0.4, -0.2) is 6.54 Å². The molecule has 0 bridgehead atoms. The monoisotopic (exact) mass is 262 g/mol. The van der Waals surface area contributed by atoms with Crippen LogP contribution in [0.3, 0.4) is 0 Å². The van der Waals surface area contributed by atoms with E-state index in [0.29, 0.717) is 17.8 Å². The first-order valence-corrected chi connectivity index (χ1v) is 6.15. The predicted molar refractivity (Wildman–Crippen MR) is 73.9 cm³/mol. The minimum Gasteiger partial charge on any atom is -0.397 e. The summed E-state index contributed by atoms with van der Waals surface area (Å²) in [6.07, 6.45) is 0. The van der Waals surface area contributed by atoms with Crippen LogP contribution in [0.1, 0.15) is 12.5 Å². The van der Waals surface area contributed by atoms with Gasteiger partial charge in [-0.15, -0.1) is 0 Å². The van der Waals surface area contributed by atoms with E-state index in [1.165, 1.54) is 6.07 Å². The van der Waals surface area contributed by atoms with Gasteiger partial charge in [-0.2, -0.15) is 0 Å². The maximum absolute atomic E-state index is 13.7. The van der Waals surface area contributed by atoms with E-state index < -0.39 is 11.6 Å². The fraction of sp³-hybridized carbons (Fsp3) is 0.200. The molecule has 2 rings (SSSR count). The second-order valence-electron chi connectivity index (χ2n) is 4.31. The van der Waals surface area contributed by atoms with Crippen molar-refractivity contribution in [2.75, 3.05) is 17.2 Å². The van der Waals surface area contributed by atoms with Crippen molar-refractivity contribution < 1.29 is 8.78 Å². The lowest BCUT2D eigenvalue weighted by molar-refractivity contribution is 0.582. The highest BCUT2D eigenvalue weighted by Crippen LogP contribution is 2.24. The molecule has 0 saturated heterocycles. The lowest BCUT2D eigenvalue weighted by Crippen LogP contribution is -2.23. The summed E-state index contributed by atoms with van der Waals surface area (Å²) in [5.74, 6) is -0.845. The van der Waals surface area contributed by atoms with Gasteiger partial charge in [0.15, 0.2) is 0 Å². The van der Waals surface area contributed by atoms with Gasteiger partial charge >= 0.3 is 0 Å². The predicted octanol–water partition coefficient (Wildman–Crippen LogP) is 3.57. The third-order valence-corrected chi connectivity index (χ3v) is 3.03. The summed E-state index contributed by atoms with van der Waals surface area (Å²) in [5.41, 5.74) is 7.69. The van der Waals surface area contributed by atoms with Crippen molar-refractivity contribution >= 4 is 11.4 Å². The number of benzene rings is 2. The molecule has 2 N–H and O–H groups in total. The molecule has 0 unspecified atom stereocenters. The third-order valence-electron chi connectivity index (χ3n) is 3.03. The molecule has 0 fully saturated rings. The van der Waals surface area contributed by atoms with Gasteiger partial charge in [-0.1, -0.05) is 12.1 Å². The second kappa shape index (κ2) is 5.69. The van der Waals surface area contributed by atoms with Gasteiger partial charge in [0.05, 0.1) is 11.4 Å². The molecule has 0 amide bonds. The largest absolute Gasteiger partial charge is 0.397 e. The van der Waals surface area contributed by atoms with E-state index in [4.69, 9.17) is 5.73 Å². The Hall–Kier alpha value is -2.10. The fourth-order valence-corrected chi connectivity index (χ4v) is 2.01. The van der Waals surface area contributed by atoms with Crippen LogP contribution in [0.15, 0.2) is 42.5 Å². The summed E-state index contributed by atoms with van der Waals surface area (Å²) < 4.78 is 26.8. The van der Waals surface area contributed by atoms with E-state index in [1.807, 2.05) is 30.0 Å². The van der Waals surface area contributed by atoms with E-state index in [2.05, 4.69) is 0 Å². The van der Waals surface area contributed by atoms with E-state index in [9.17, 15) is 8.78 Å². The van der Waals surface area contributed by atoms with Gasteiger partial charge in [0.25, 0.3) is 0 Å². The molecule has 0 saturated carbocycles. The van der Waals surface area contributed by atoms with Crippen LogP contribution in [0.5, 0.6) is 0 Å².